The lowest BCUT2D eigenvalue weighted by molar-refractivity contribution is 0.0795. The van der Waals surface area contributed by atoms with Gasteiger partial charge in [-0.05, 0) is 30.7 Å². The van der Waals surface area contributed by atoms with Gasteiger partial charge in [-0.15, -0.1) is 11.3 Å². The van der Waals surface area contributed by atoms with Gasteiger partial charge in [-0.2, -0.15) is 0 Å². The van der Waals surface area contributed by atoms with Gasteiger partial charge in [0.1, 0.15) is 0 Å². The summed E-state index contributed by atoms with van der Waals surface area (Å²) in [5.41, 5.74) is 6.54. The Labute approximate surface area is 138 Å². The molecule has 6 nitrogen and oxygen atoms in total. The summed E-state index contributed by atoms with van der Waals surface area (Å²) in [6.45, 7) is 1.28. The minimum absolute atomic E-state index is 0.0283. The van der Waals surface area contributed by atoms with Crippen molar-refractivity contribution in [3.8, 4) is 0 Å². The number of nitrogens with zero attached hydrogens (tertiary/aromatic N) is 1. The minimum atomic E-state index is -0.333. The molecule has 7 heteroatoms. The number of carbonyl (C=O) groups excluding carboxylic acids is 2. The molecule has 0 aliphatic carbocycles. The molecule has 1 aromatic heterocycles. The number of benzene rings is 1. The molecule has 3 rings (SSSR count). The Balaban J connectivity index is 1.59. The van der Waals surface area contributed by atoms with E-state index in [-0.39, 0.29) is 18.0 Å². The highest BCUT2D eigenvalue weighted by Crippen LogP contribution is 2.24. The Hall–Kier alpha value is -2.38. The van der Waals surface area contributed by atoms with Crippen molar-refractivity contribution in [1.82, 2.24) is 4.90 Å². The maximum absolute atomic E-state index is 12.3. The van der Waals surface area contributed by atoms with Crippen LogP contribution in [0.1, 0.15) is 16.1 Å². The van der Waals surface area contributed by atoms with E-state index in [0.29, 0.717) is 28.7 Å². The number of urea groups is 1. The molecule has 0 spiro atoms. The second-order valence-electron chi connectivity index (χ2n) is 5.41. The summed E-state index contributed by atoms with van der Waals surface area (Å²) >= 11 is 1.26. The molecule has 1 atom stereocenters. The molecule has 23 heavy (non-hydrogen) atoms. The van der Waals surface area contributed by atoms with E-state index in [9.17, 15) is 9.59 Å². The fraction of sp³-hybridized carbons (Fsp3) is 0.250. The topological polar surface area (TPSA) is 87.5 Å². The van der Waals surface area contributed by atoms with Gasteiger partial charge in [0, 0.05) is 24.8 Å². The standard InChI is InChI=1S/C16H18N4O2S/c17-11-8-9-20(10-11)15(21)13-6-7-14(23-13)19-16(22)18-12-4-2-1-3-5-12/h1-7,11H,8-10,17H2,(H2,18,19,22)/t11-/m1/s1. The lowest BCUT2D eigenvalue weighted by atomic mass is 10.3. The van der Waals surface area contributed by atoms with E-state index < -0.39 is 0 Å². The zero-order valence-electron chi connectivity index (χ0n) is 12.5. The Morgan fingerprint density at radius 2 is 1.91 bits per heavy atom. The smallest absolute Gasteiger partial charge is 0.324 e. The summed E-state index contributed by atoms with van der Waals surface area (Å²) < 4.78 is 0. The molecule has 1 aliphatic rings. The molecule has 0 radical (unpaired) electrons. The molecule has 2 heterocycles. The first kappa shape index (κ1) is 15.5. The summed E-state index contributed by atoms with van der Waals surface area (Å²) in [5, 5.41) is 6.10. The highest BCUT2D eigenvalue weighted by molar-refractivity contribution is 7.18. The average molecular weight is 330 g/mol. The largest absolute Gasteiger partial charge is 0.336 e. The van der Waals surface area contributed by atoms with E-state index in [1.54, 1.807) is 29.2 Å². The van der Waals surface area contributed by atoms with Crippen molar-refractivity contribution < 1.29 is 9.59 Å². The molecule has 0 saturated carbocycles. The number of likely N-dealkylation sites (tertiary alicyclic amines) is 1. The Morgan fingerprint density at radius 1 is 1.13 bits per heavy atom. The maximum atomic E-state index is 12.3. The lowest BCUT2D eigenvalue weighted by Crippen LogP contribution is -2.31. The minimum Gasteiger partial charge on any atom is -0.336 e. The normalized spacial score (nSPS) is 17.1. The highest BCUT2D eigenvalue weighted by Gasteiger charge is 2.25. The van der Waals surface area contributed by atoms with E-state index in [1.165, 1.54) is 11.3 Å². The second-order valence-corrected chi connectivity index (χ2v) is 6.49. The molecule has 120 valence electrons. The first-order valence-corrected chi connectivity index (χ1v) is 8.21. The fourth-order valence-electron chi connectivity index (χ4n) is 2.44. The van der Waals surface area contributed by atoms with Gasteiger partial charge >= 0.3 is 6.03 Å². The van der Waals surface area contributed by atoms with Gasteiger partial charge in [-0.25, -0.2) is 4.79 Å². The predicted octanol–water partition coefficient (Wildman–Crippen LogP) is 2.57. The van der Waals surface area contributed by atoms with Gasteiger partial charge < -0.3 is 16.0 Å². The SMILES string of the molecule is N[C@@H]1CCN(C(=O)c2ccc(NC(=O)Nc3ccccc3)s2)C1. The Bertz CT molecular complexity index is 701. The van der Waals surface area contributed by atoms with E-state index in [0.717, 1.165) is 6.42 Å². The van der Waals surface area contributed by atoms with Crippen LogP contribution in [0.25, 0.3) is 0 Å². The van der Waals surface area contributed by atoms with Crippen LogP contribution < -0.4 is 16.4 Å². The van der Waals surface area contributed by atoms with Gasteiger partial charge in [0.05, 0.1) is 9.88 Å². The number of thiophene rings is 1. The van der Waals surface area contributed by atoms with Gasteiger partial charge in [-0.1, -0.05) is 18.2 Å². The van der Waals surface area contributed by atoms with Crippen LogP contribution in [0, 0.1) is 0 Å². The van der Waals surface area contributed by atoms with Gasteiger partial charge in [0.25, 0.3) is 5.91 Å². The molecule has 2 aromatic rings. The molecular formula is C16H18N4O2S. The molecular weight excluding hydrogens is 312 g/mol. The van der Waals surface area contributed by atoms with Crippen molar-refractivity contribution in [3.63, 3.8) is 0 Å². The van der Waals surface area contributed by atoms with E-state index in [1.807, 2.05) is 18.2 Å². The molecule has 4 N–H and O–H groups in total. The quantitative estimate of drug-likeness (QED) is 0.808. The summed E-state index contributed by atoms with van der Waals surface area (Å²) in [7, 11) is 0. The Morgan fingerprint density at radius 3 is 2.61 bits per heavy atom. The van der Waals surface area contributed by atoms with Crippen LogP contribution in [0.5, 0.6) is 0 Å². The van der Waals surface area contributed by atoms with Crippen molar-refractivity contribution in [2.45, 2.75) is 12.5 Å². The molecule has 0 unspecified atom stereocenters. The van der Waals surface area contributed by atoms with Crippen molar-refractivity contribution >= 4 is 34.0 Å². The average Bonchev–Trinajstić information content (AvgIpc) is 3.17. The number of hydrogen-bond donors (Lipinski definition) is 3. The van der Waals surface area contributed by atoms with E-state index in [4.69, 9.17) is 5.73 Å². The summed E-state index contributed by atoms with van der Waals surface area (Å²) in [6.07, 6.45) is 0.835. The first-order chi connectivity index (χ1) is 11.1. The zero-order valence-corrected chi connectivity index (χ0v) is 13.3. The van der Waals surface area contributed by atoms with Crippen LogP contribution in [-0.2, 0) is 0 Å². The second kappa shape index (κ2) is 6.80. The number of nitrogens with one attached hydrogen (secondary N) is 2. The van der Waals surface area contributed by atoms with Crippen molar-refractivity contribution in [2.75, 3.05) is 23.7 Å². The van der Waals surface area contributed by atoms with Gasteiger partial charge in [0.2, 0.25) is 0 Å². The Kier molecular flexibility index (Phi) is 4.59. The molecule has 0 bridgehead atoms. The third-order valence-electron chi connectivity index (χ3n) is 3.60. The van der Waals surface area contributed by atoms with E-state index in [2.05, 4.69) is 10.6 Å². The summed E-state index contributed by atoms with van der Waals surface area (Å²) in [5.74, 6) is -0.0283. The van der Waals surface area contributed by atoms with Crippen LogP contribution in [0.3, 0.4) is 0 Å². The molecule has 1 aromatic carbocycles. The van der Waals surface area contributed by atoms with Crippen LogP contribution in [0.2, 0.25) is 0 Å². The summed E-state index contributed by atoms with van der Waals surface area (Å²) in [6, 6.07) is 12.4. The highest BCUT2D eigenvalue weighted by atomic mass is 32.1. The molecule has 3 amide bonds. The lowest BCUT2D eigenvalue weighted by Gasteiger charge is -2.14. The third-order valence-corrected chi connectivity index (χ3v) is 4.59. The molecule has 1 fully saturated rings. The predicted molar refractivity (Wildman–Crippen MR) is 91.9 cm³/mol. The van der Waals surface area contributed by atoms with E-state index >= 15 is 0 Å². The number of para-hydroxylation sites is 1. The van der Waals surface area contributed by atoms with Crippen LogP contribution >= 0.6 is 11.3 Å². The van der Waals surface area contributed by atoms with Crippen LogP contribution in [0.4, 0.5) is 15.5 Å². The number of carbonyl (C=O) groups is 2. The number of anilines is 2. The summed E-state index contributed by atoms with van der Waals surface area (Å²) in [4.78, 5) is 26.6. The molecule has 1 aliphatic heterocycles. The number of rotatable bonds is 3. The number of amides is 3. The number of hydrogen-bond acceptors (Lipinski definition) is 4. The van der Waals surface area contributed by atoms with Gasteiger partial charge in [-0.3, -0.25) is 10.1 Å². The van der Waals surface area contributed by atoms with Crippen LogP contribution in [-0.4, -0.2) is 36.0 Å². The maximum Gasteiger partial charge on any atom is 0.324 e. The van der Waals surface area contributed by atoms with Crippen molar-refractivity contribution in [2.24, 2.45) is 5.73 Å². The molecule has 1 saturated heterocycles. The number of nitrogens with two attached hydrogens (primary N) is 1. The zero-order chi connectivity index (χ0) is 16.2. The monoisotopic (exact) mass is 330 g/mol. The van der Waals surface area contributed by atoms with Gasteiger partial charge in [0.15, 0.2) is 0 Å². The first-order valence-electron chi connectivity index (χ1n) is 7.39. The van der Waals surface area contributed by atoms with Crippen molar-refractivity contribution in [1.29, 1.82) is 0 Å². The van der Waals surface area contributed by atoms with Crippen molar-refractivity contribution in [3.05, 3.63) is 47.3 Å². The fourth-order valence-corrected chi connectivity index (χ4v) is 3.31. The van der Waals surface area contributed by atoms with Crippen LogP contribution in [0.15, 0.2) is 42.5 Å². The third kappa shape index (κ3) is 3.88.